The van der Waals surface area contributed by atoms with Gasteiger partial charge >= 0.3 is 0 Å². The van der Waals surface area contributed by atoms with Gasteiger partial charge in [0.05, 0.1) is 6.61 Å². The number of rotatable bonds is 1. The van der Waals surface area contributed by atoms with Crippen molar-refractivity contribution in [1.29, 1.82) is 0 Å². The minimum Gasteiger partial charge on any atom is -0.366 e. The van der Waals surface area contributed by atoms with E-state index < -0.39 is 0 Å². The first-order valence-electron chi connectivity index (χ1n) is 5.70. The summed E-state index contributed by atoms with van der Waals surface area (Å²) in [7, 11) is 0. The van der Waals surface area contributed by atoms with Crippen LogP contribution in [0.25, 0.3) is 0 Å². The second-order valence-corrected chi connectivity index (χ2v) is 5.24. The van der Waals surface area contributed by atoms with E-state index in [9.17, 15) is 4.79 Å². The van der Waals surface area contributed by atoms with Crippen molar-refractivity contribution >= 4 is 5.91 Å². The van der Waals surface area contributed by atoms with Crippen LogP contribution in [0.2, 0.25) is 0 Å². The molecular weight excluding hydrogens is 192 g/mol. The van der Waals surface area contributed by atoms with E-state index in [0.717, 1.165) is 26.1 Å². The Labute approximate surface area is 91.0 Å². The highest BCUT2D eigenvalue weighted by atomic mass is 16.5. The zero-order valence-electron chi connectivity index (χ0n) is 9.58. The summed E-state index contributed by atoms with van der Waals surface area (Å²) in [5.74, 6) is 0.160. The van der Waals surface area contributed by atoms with Crippen LogP contribution in [0.1, 0.15) is 20.3 Å². The van der Waals surface area contributed by atoms with Gasteiger partial charge in [0.15, 0.2) is 0 Å². The van der Waals surface area contributed by atoms with Gasteiger partial charge in [-0.1, -0.05) is 13.8 Å². The zero-order valence-corrected chi connectivity index (χ0v) is 9.58. The number of ether oxygens (including phenoxy) is 1. The summed E-state index contributed by atoms with van der Waals surface area (Å²) in [6, 6.07) is 0. The topological polar surface area (TPSA) is 41.6 Å². The molecule has 15 heavy (non-hydrogen) atoms. The van der Waals surface area contributed by atoms with Gasteiger partial charge < -0.3 is 15.0 Å². The Morgan fingerprint density at radius 1 is 1.53 bits per heavy atom. The molecule has 2 aliphatic heterocycles. The SMILES string of the molecule is CC1(C)CCN(C(=O)[C@H]2CNCCO2)C1. The van der Waals surface area contributed by atoms with Crippen molar-refractivity contribution in [1.82, 2.24) is 10.2 Å². The van der Waals surface area contributed by atoms with Crippen molar-refractivity contribution in [2.24, 2.45) is 5.41 Å². The van der Waals surface area contributed by atoms with Crippen LogP contribution in [0.3, 0.4) is 0 Å². The summed E-state index contributed by atoms with van der Waals surface area (Å²) in [4.78, 5) is 14.0. The highest BCUT2D eigenvalue weighted by Gasteiger charge is 2.35. The van der Waals surface area contributed by atoms with Gasteiger partial charge in [-0.3, -0.25) is 4.79 Å². The van der Waals surface area contributed by atoms with Crippen LogP contribution in [0.4, 0.5) is 0 Å². The molecule has 2 saturated heterocycles. The van der Waals surface area contributed by atoms with E-state index in [1.54, 1.807) is 0 Å². The van der Waals surface area contributed by atoms with E-state index in [1.165, 1.54) is 0 Å². The minimum atomic E-state index is -0.257. The van der Waals surface area contributed by atoms with Crippen molar-refractivity contribution in [2.45, 2.75) is 26.4 Å². The normalized spacial score (nSPS) is 30.5. The molecule has 2 heterocycles. The van der Waals surface area contributed by atoms with Crippen LogP contribution in [-0.4, -0.2) is 49.7 Å². The Morgan fingerprint density at radius 3 is 2.87 bits per heavy atom. The molecule has 4 heteroatoms. The number of hydrogen-bond acceptors (Lipinski definition) is 3. The fourth-order valence-electron chi connectivity index (χ4n) is 2.23. The molecule has 1 N–H and O–H groups in total. The number of nitrogens with zero attached hydrogens (tertiary/aromatic N) is 1. The predicted molar refractivity (Wildman–Crippen MR) is 57.6 cm³/mol. The highest BCUT2D eigenvalue weighted by molar-refractivity contribution is 5.81. The monoisotopic (exact) mass is 212 g/mol. The first-order valence-corrected chi connectivity index (χ1v) is 5.70. The number of carbonyl (C=O) groups excluding carboxylic acids is 1. The second kappa shape index (κ2) is 4.10. The number of carbonyl (C=O) groups is 1. The van der Waals surface area contributed by atoms with Gasteiger partial charge in [-0.15, -0.1) is 0 Å². The molecule has 0 unspecified atom stereocenters. The fraction of sp³-hybridized carbons (Fsp3) is 0.909. The molecule has 0 aliphatic carbocycles. The third-order valence-corrected chi connectivity index (χ3v) is 3.19. The maximum Gasteiger partial charge on any atom is 0.253 e. The van der Waals surface area contributed by atoms with E-state index in [1.807, 2.05) is 4.90 Å². The molecule has 0 saturated carbocycles. The van der Waals surface area contributed by atoms with Crippen LogP contribution in [0.5, 0.6) is 0 Å². The lowest BCUT2D eigenvalue weighted by atomic mass is 9.93. The Hall–Kier alpha value is -0.610. The number of morpholine rings is 1. The Balaban J connectivity index is 1.90. The molecule has 4 nitrogen and oxygen atoms in total. The number of nitrogens with one attached hydrogen (secondary N) is 1. The van der Waals surface area contributed by atoms with Crippen molar-refractivity contribution in [2.75, 3.05) is 32.8 Å². The van der Waals surface area contributed by atoms with Crippen molar-refractivity contribution < 1.29 is 9.53 Å². The summed E-state index contributed by atoms with van der Waals surface area (Å²) in [6.45, 7) is 8.33. The van der Waals surface area contributed by atoms with Crippen molar-refractivity contribution in [3.63, 3.8) is 0 Å². The highest BCUT2D eigenvalue weighted by Crippen LogP contribution is 2.29. The Kier molecular flexibility index (Phi) is 2.98. The van der Waals surface area contributed by atoms with Crippen LogP contribution >= 0.6 is 0 Å². The van der Waals surface area contributed by atoms with E-state index in [-0.39, 0.29) is 17.4 Å². The van der Waals surface area contributed by atoms with Gasteiger partial charge in [0.2, 0.25) is 0 Å². The van der Waals surface area contributed by atoms with Gasteiger partial charge in [-0.25, -0.2) is 0 Å². The average Bonchev–Trinajstić information content (AvgIpc) is 2.59. The molecule has 0 spiro atoms. The lowest BCUT2D eigenvalue weighted by Crippen LogP contribution is -2.49. The molecule has 1 atom stereocenters. The fourth-order valence-corrected chi connectivity index (χ4v) is 2.23. The lowest BCUT2D eigenvalue weighted by molar-refractivity contribution is -0.144. The molecular formula is C11H20N2O2. The maximum absolute atomic E-state index is 12.0. The van der Waals surface area contributed by atoms with Crippen LogP contribution in [-0.2, 0) is 9.53 Å². The molecule has 2 rings (SSSR count). The van der Waals surface area contributed by atoms with Gasteiger partial charge in [0.25, 0.3) is 5.91 Å². The van der Waals surface area contributed by atoms with Crippen LogP contribution < -0.4 is 5.32 Å². The van der Waals surface area contributed by atoms with Gasteiger partial charge in [-0.05, 0) is 11.8 Å². The number of hydrogen-bond donors (Lipinski definition) is 1. The molecule has 0 aromatic rings. The molecule has 0 bridgehead atoms. The molecule has 86 valence electrons. The molecule has 0 aromatic heterocycles. The Morgan fingerprint density at radius 2 is 2.33 bits per heavy atom. The molecule has 2 fully saturated rings. The first kappa shape index (κ1) is 10.9. The number of amides is 1. The first-order chi connectivity index (χ1) is 7.08. The van der Waals surface area contributed by atoms with E-state index in [2.05, 4.69) is 19.2 Å². The van der Waals surface area contributed by atoms with Gasteiger partial charge in [0, 0.05) is 26.2 Å². The summed E-state index contributed by atoms with van der Waals surface area (Å²) in [6.07, 6.45) is 0.839. The van der Waals surface area contributed by atoms with Crippen LogP contribution in [0, 0.1) is 5.41 Å². The zero-order chi connectivity index (χ0) is 10.9. The van der Waals surface area contributed by atoms with E-state index >= 15 is 0 Å². The summed E-state index contributed by atoms with van der Waals surface area (Å²) >= 11 is 0. The standard InChI is InChI=1S/C11H20N2O2/c1-11(2)3-5-13(8-11)10(14)9-7-12-4-6-15-9/h9,12H,3-8H2,1-2H3/t9-/m1/s1. The molecule has 0 aromatic carbocycles. The molecule has 0 radical (unpaired) electrons. The summed E-state index contributed by atoms with van der Waals surface area (Å²) in [5, 5.41) is 3.19. The lowest BCUT2D eigenvalue weighted by Gasteiger charge is -2.28. The van der Waals surface area contributed by atoms with E-state index in [4.69, 9.17) is 4.74 Å². The van der Waals surface area contributed by atoms with E-state index in [0.29, 0.717) is 13.2 Å². The average molecular weight is 212 g/mol. The smallest absolute Gasteiger partial charge is 0.253 e. The van der Waals surface area contributed by atoms with Crippen molar-refractivity contribution in [3.8, 4) is 0 Å². The predicted octanol–water partition coefficient (Wildman–Crippen LogP) is 0.233. The third kappa shape index (κ3) is 2.49. The summed E-state index contributed by atoms with van der Waals surface area (Å²) in [5.41, 5.74) is 0.276. The Bertz CT molecular complexity index is 247. The second-order valence-electron chi connectivity index (χ2n) is 5.24. The van der Waals surface area contributed by atoms with Crippen molar-refractivity contribution in [3.05, 3.63) is 0 Å². The number of likely N-dealkylation sites (tertiary alicyclic amines) is 1. The maximum atomic E-state index is 12.0. The summed E-state index contributed by atoms with van der Waals surface area (Å²) < 4.78 is 5.47. The van der Waals surface area contributed by atoms with Gasteiger partial charge in [-0.2, -0.15) is 0 Å². The quantitative estimate of drug-likeness (QED) is 0.676. The van der Waals surface area contributed by atoms with Crippen LogP contribution in [0.15, 0.2) is 0 Å². The molecule has 1 amide bonds. The minimum absolute atomic E-state index is 0.160. The molecule has 2 aliphatic rings. The van der Waals surface area contributed by atoms with Gasteiger partial charge in [0.1, 0.15) is 6.10 Å². The largest absolute Gasteiger partial charge is 0.366 e. The third-order valence-electron chi connectivity index (χ3n) is 3.19.